The molecule has 82 valence electrons. The van der Waals surface area contributed by atoms with Crippen LogP contribution in [-0.2, 0) is 6.42 Å². The van der Waals surface area contributed by atoms with E-state index in [9.17, 15) is 8.78 Å². The Morgan fingerprint density at radius 1 is 1.27 bits per heavy atom. The molecule has 0 amide bonds. The molecular weight excluding hydrogens is 196 g/mol. The second-order valence-electron chi connectivity index (χ2n) is 4.53. The fourth-order valence-electron chi connectivity index (χ4n) is 1.67. The van der Waals surface area contributed by atoms with Gasteiger partial charge in [0.1, 0.15) is 0 Å². The molecule has 3 heteroatoms. The standard InChI is InChI=1S/C12H15F2N/c1-8-2-3-9(11(14)10(8)13)4-5-12(15)6-7-12/h2-3H,4-7,15H2,1H3. The molecule has 1 fully saturated rings. The number of halogens is 2. The van der Waals surface area contributed by atoms with Crippen LogP contribution in [0.4, 0.5) is 8.78 Å². The van der Waals surface area contributed by atoms with E-state index in [2.05, 4.69) is 0 Å². The van der Waals surface area contributed by atoms with E-state index in [-0.39, 0.29) is 5.54 Å². The molecular formula is C12H15F2N. The third-order valence-corrected chi connectivity index (χ3v) is 3.14. The van der Waals surface area contributed by atoms with Gasteiger partial charge in [0.2, 0.25) is 0 Å². The summed E-state index contributed by atoms with van der Waals surface area (Å²) >= 11 is 0. The van der Waals surface area contributed by atoms with Crippen LogP contribution in [-0.4, -0.2) is 5.54 Å². The lowest BCUT2D eigenvalue weighted by Crippen LogP contribution is -2.22. The van der Waals surface area contributed by atoms with Crippen LogP contribution < -0.4 is 5.73 Å². The highest BCUT2D eigenvalue weighted by molar-refractivity contribution is 5.26. The van der Waals surface area contributed by atoms with Crippen LogP contribution in [0.2, 0.25) is 0 Å². The van der Waals surface area contributed by atoms with Crippen LogP contribution in [0.5, 0.6) is 0 Å². The van der Waals surface area contributed by atoms with Crippen molar-refractivity contribution in [2.75, 3.05) is 0 Å². The zero-order chi connectivity index (χ0) is 11.1. The minimum absolute atomic E-state index is 0.103. The van der Waals surface area contributed by atoms with Crippen LogP contribution in [0.25, 0.3) is 0 Å². The SMILES string of the molecule is Cc1ccc(CCC2(N)CC2)c(F)c1F. The molecule has 0 aromatic heterocycles. The van der Waals surface area contributed by atoms with E-state index in [0.717, 1.165) is 19.3 Å². The molecule has 0 spiro atoms. The van der Waals surface area contributed by atoms with Crippen molar-refractivity contribution in [2.24, 2.45) is 5.73 Å². The van der Waals surface area contributed by atoms with E-state index in [1.165, 1.54) is 0 Å². The minimum Gasteiger partial charge on any atom is -0.325 e. The maximum atomic E-state index is 13.4. The average Bonchev–Trinajstić information content (AvgIpc) is 2.93. The van der Waals surface area contributed by atoms with Crippen LogP contribution in [0, 0.1) is 18.6 Å². The normalized spacial score (nSPS) is 17.9. The highest BCUT2D eigenvalue weighted by Crippen LogP contribution is 2.36. The zero-order valence-electron chi connectivity index (χ0n) is 8.82. The molecule has 1 aromatic rings. The van der Waals surface area contributed by atoms with Gasteiger partial charge in [-0.25, -0.2) is 8.78 Å². The largest absolute Gasteiger partial charge is 0.325 e. The summed E-state index contributed by atoms with van der Waals surface area (Å²) < 4.78 is 26.7. The second kappa shape index (κ2) is 3.56. The summed E-state index contributed by atoms with van der Waals surface area (Å²) in [6.07, 6.45) is 3.28. The van der Waals surface area contributed by atoms with Gasteiger partial charge < -0.3 is 5.73 Å². The maximum Gasteiger partial charge on any atom is 0.162 e. The fourth-order valence-corrected chi connectivity index (χ4v) is 1.67. The molecule has 1 aliphatic carbocycles. The van der Waals surface area contributed by atoms with E-state index >= 15 is 0 Å². The third kappa shape index (κ3) is 2.17. The number of hydrogen-bond acceptors (Lipinski definition) is 1. The lowest BCUT2D eigenvalue weighted by Gasteiger charge is -2.09. The summed E-state index contributed by atoms with van der Waals surface area (Å²) in [7, 11) is 0. The number of rotatable bonds is 3. The van der Waals surface area contributed by atoms with Crippen molar-refractivity contribution < 1.29 is 8.78 Å². The monoisotopic (exact) mass is 211 g/mol. The topological polar surface area (TPSA) is 26.0 Å². The Bertz CT molecular complexity index is 383. The van der Waals surface area contributed by atoms with E-state index in [1.807, 2.05) is 0 Å². The first-order valence-corrected chi connectivity index (χ1v) is 5.24. The molecule has 0 unspecified atom stereocenters. The summed E-state index contributed by atoms with van der Waals surface area (Å²) in [6, 6.07) is 3.27. The van der Waals surface area contributed by atoms with Crippen LogP contribution in [0.3, 0.4) is 0 Å². The summed E-state index contributed by atoms with van der Waals surface area (Å²) in [6.45, 7) is 1.56. The highest BCUT2D eigenvalue weighted by Gasteiger charge is 2.37. The van der Waals surface area contributed by atoms with Gasteiger partial charge in [-0.05, 0) is 43.7 Å². The van der Waals surface area contributed by atoms with Gasteiger partial charge in [0, 0.05) is 5.54 Å². The Labute approximate surface area is 88.3 Å². The molecule has 0 heterocycles. The molecule has 1 saturated carbocycles. The van der Waals surface area contributed by atoms with Crippen molar-refractivity contribution in [1.29, 1.82) is 0 Å². The van der Waals surface area contributed by atoms with Gasteiger partial charge in [-0.15, -0.1) is 0 Å². The molecule has 2 rings (SSSR count). The molecule has 1 aliphatic rings. The zero-order valence-corrected chi connectivity index (χ0v) is 8.82. The van der Waals surface area contributed by atoms with E-state index in [4.69, 9.17) is 5.73 Å². The summed E-state index contributed by atoms with van der Waals surface area (Å²) in [5, 5.41) is 0. The lowest BCUT2D eigenvalue weighted by atomic mass is 10.0. The number of nitrogens with two attached hydrogens (primary N) is 1. The van der Waals surface area contributed by atoms with Crippen LogP contribution in [0.1, 0.15) is 30.4 Å². The van der Waals surface area contributed by atoms with Crippen molar-refractivity contribution in [2.45, 2.75) is 38.1 Å². The fraction of sp³-hybridized carbons (Fsp3) is 0.500. The smallest absolute Gasteiger partial charge is 0.162 e. The van der Waals surface area contributed by atoms with Gasteiger partial charge in [-0.3, -0.25) is 0 Å². The highest BCUT2D eigenvalue weighted by atomic mass is 19.2. The van der Waals surface area contributed by atoms with Gasteiger partial charge in [-0.1, -0.05) is 12.1 Å². The molecule has 0 bridgehead atoms. The van der Waals surface area contributed by atoms with Crippen molar-refractivity contribution in [1.82, 2.24) is 0 Å². The summed E-state index contributed by atoms with van der Waals surface area (Å²) in [5.74, 6) is -1.44. The number of hydrogen-bond donors (Lipinski definition) is 1. The van der Waals surface area contributed by atoms with Crippen molar-refractivity contribution in [3.05, 3.63) is 34.9 Å². The molecule has 1 aromatic carbocycles. The Morgan fingerprint density at radius 2 is 1.93 bits per heavy atom. The Balaban J connectivity index is 2.11. The molecule has 15 heavy (non-hydrogen) atoms. The van der Waals surface area contributed by atoms with Gasteiger partial charge in [-0.2, -0.15) is 0 Å². The van der Waals surface area contributed by atoms with Crippen molar-refractivity contribution in [3.8, 4) is 0 Å². The molecule has 0 aliphatic heterocycles. The quantitative estimate of drug-likeness (QED) is 0.817. The number of aryl methyl sites for hydroxylation is 2. The van der Waals surface area contributed by atoms with Gasteiger partial charge in [0.15, 0.2) is 11.6 Å². The molecule has 2 N–H and O–H groups in total. The Hall–Kier alpha value is -0.960. The van der Waals surface area contributed by atoms with Gasteiger partial charge in [0.25, 0.3) is 0 Å². The molecule has 0 atom stereocenters. The second-order valence-corrected chi connectivity index (χ2v) is 4.53. The van der Waals surface area contributed by atoms with E-state index in [0.29, 0.717) is 17.5 Å². The summed E-state index contributed by atoms with van der Waals surface area (Å²) in [4.78, 5) is 0. The first kappa shape index (κ1) is 10.6. The Kier molecular flexibility index (Phi) is 2.51. The van der Waals surface area contributed by atoms with Gasteiger partial charge in [0.05, 0.1) is 0 Å². The van der Waals surface area contributed by atoms with Crippen molar-refractivity contribution >= 4 is 0 Å². The molecule has 1 nitrogen and oxygen atoms in total. The molecule has 0 radical (unpaired) electrons. The predicted molar refractivity (Wildman–Crippen MR) is 55.6 cm³/mol. The molecule has 0 saturated heterocycles. The van der Waals surface area contributed by atoms with Crippen LogP contribution >= 0.6 is 0 Å². The Morgan fingerprint density at radius 3 is 2.53 bits per heavy atom. The maximum absolute atomic E-state index is 13.4. The van der Waals surface area contributed by atoms with Gasteiger partial charge >= 0.3 is 0 Å². The predicted octanol–water partition coefficient (Wildman–Crippen LogP) is 2.70. The first-order chi connectivity index (χ1) is 7.02. The number of benzene rings is 1. The average molecular weight is 211 g/mol. The van der Waals surface area contributed by atoms with Crippen LogP contribution in [0.15, 0.2) is 12.1 Å². The first-order valence-electron chi connectivity index (χ1n) is 5.24. The third-order valence-electron chi connectivity index (χ3n) is 3.14. The minimum atomic E-state index is -0.727. The van der Waals surface area contributed by atoms with E-state index in [1.54, 1.807) is 19.1 Å². The van der Waals surface area contributed by atoms with Crippen molar-refractivity contribution in [3.63, 3.8) is 0 Å². The lowest BCUT2D eigenvalue weighted by molar-refractivity contribution is 0.487. The summed E-state index contributed by atoms with van der Waals surface area (Å²) in [5.41, 5.74) is 6.58. The van der Waals surface area contributed by atoms with E-state index < -0.39 is 11.6 Å².